The van der Waals surface area contributed by atoms with E-state index in [0.717, 1.165) is 0 Å². The minimum Gasteiger partial charge on any atom is -0.409 e. The lowest BCUT2D eigenvalue weighted by atomic mass is 10.3. The van der Waals surface area contributed by atoms with Crippen molar-refractivity contribution in [2.75, 3.05) is 13.1 Å². The molecule has 0 N–H and O–H groups in total. The highest BCUT2D eigenvalue weighted by molar-refractivity contribution is 6.32. The van der Waals surface area contributed by atoms with Crippen LogP contribution in [-0.4, -0.2) is 29.9 Å². The first kappa shape index (κ1) is 11.0. The van der Waals surface area contributed by atoms with Crippen LogP contribution in [0.2, 0.25) is 5.02 Å². The lowest BCUT2D eigenvalue weighted by Crippen LogP contribution is -2.31. The van der Waals surface area contributed by atoms with E-state index in [0.29, 0.717) is 23.7 Å². The predicted molar refractivity (Wildman–Crippen MR) is 58.7 cm³/mol. The van der Waals surface area contributed by atoms with Crippen LogP contribution in [-0.2, 0) is 4.79 Å². The van der Waals surface area contributed by atoms with Crippen LogP contribution >= 0.6 is 11.6 Å². The molecule has 2 rings (SSSR count). The number of likely N-dealkylation sites (tertiary alicyclic amines) is 1. The standard InChI is InChI=1S/C11H10ClNO3/c12-9-3-1-2-4-10(9)16-11(15)13-6-5-8(14)7-13/h1-4H,5-7H2. The number of carbonyl (C=O) groups is 2. The number of Topliss-reactive ketones (excluding diaryl/α,β-unsaturated/α-hetero) is 1. The largest absolute Gasteiger partial charge is 0.415 e. The highest BCUT2D eigenvalue weighted by atomic mass is 35.5. The highest BCUT2D eigenvalue weighted by Crippen LogP contribution is 2.24. The van der Waals surface area contributed by atoms with E-state index in [9.17, 15) is 9.59 Å². The molecule has 0 bridgehead atoms. The van der Waals surface area contributed by atoms with E-state index >= 15 is 0 Å². The van der Waals surface area contributed by atoms with Crippen molar-refractivity contribution in [2.24, 2.45) is 0 Å². The molecule has 84 valence electrons. The number of ketones is 1. The van der Waals surface area contributed by atoms with E-state index in [2.05, 4.69) is 0 Å². The zero-order chi connectivity index (χ0) is 11.5. The molecule has 1 saturated heterocycles. The molecular weight excluding hydrogens is 230 g/mol. The third-order valence-corrected chi connectivity index (χ3v) is 2.63. The fourth-order valence-corrected chi connectivity index (χ4v) is 1.65. The number of hydrogen-bond donors (Lipinski definition) is 0. The van der Waals surface area contributed by atoms with Crippen LogP contribution in [0.1, 0.15) is 6.42 Å². The fourth-order valence-electron chi connectivity index (χ4n) is 1.47. The number of nitrogens with zero attached hydrogens (tertiary/aromatic N) is 1. The van der Waals surface area contributed by atoms with Crippen molar-refractivity contribution in [1.29, 1.82) is 0 Å². The third-order valence-electron chi connectivity index (χ3n) is 2.32. The molecule has 4 nitrogen and oxygen atoms in total. The molecule has 0 unspecified atom stereocenters. The first-order valence-corrected chi connectivity index (χ1v) is 5.27. The Morgan fingerprint density at radius 2 is 2.12 bits per heavy atom. The fraction of sp³-hybridized carbons (Fsp3) is 0.273. The van der Waals surface area contributed by atoms with E-state index in [1.165, 1.54) is 4.90 Å². The Morgan fingerprint density at radius 1 is 1.38 bits per heavy atom. The summed E-state index contributed by atoms with van der Waals surface area (Å²) in [4.78, 5) is 24.0. The van der Waals surface area contributed by atoms with Crippen molar-refractivity contribution in [1.82, 2.24) is 4.90 Å². The topological polar surface area (TPSA) is 46.6 Å². The molecule has 1 fully saturated rings. The lowest BCUT2D eigenvalue weighted by Gasteiger charge is -2.14. The van der Waals surface area contributed by atoms with Gasteiger partial charge in [-0.1, -0.05) is 23.7 Å². The molecule has 0 aliphatic carbocycles. The average molecular weight is 240 g/mol. The number of halogens is 1. The normalized spacial score (nSPS) is 15.3. The molecule has 1 aliphatic heterocycles. The van der Waals surface area contributed by atoms with Gasteiger partial charge in [0.1, 0.15) is 0 Å². The molecule has 0 spiro atoms. The second-order valence-corrected chi connectivity index (χ2v) is 3.92. The molecule has 1 aromatic carbocycles. The van der Waals surface area contributed by atoms with Crippen molar-refractivity contribution >= 4 is 23.5 Å². The monoisotopic (exact) mass is 239 g/mol. The maximum absolute atomic E-state index is 11.6. The van der Waals surface area contributed by atoms with Gasteiger partial charge in [0.25, 0.3) is 0 Å². The van der Waals surface area contributed by atoms with E-state index in [1.54, 1.807) is 24.3 Å². The van der Waals surface area contributed by atoms with Crippen molar-refractivity contribution in [3.8, 4) is 5.75 Å². The van der Waals surface area contributed by atoms with Gasteiger partial charge in [-0.25, -0.2) is 4.79 Å². The summed E-state index contributed by atoms with van der Waals surface area (Å²) in [6.07, 6.45) is -0.128. The summed E-state index contributed by atoms with van der Waals surface area (Å²) in [5, 5.41) is 0.376. The SMILES string of the molecule is O=C1CCN(C(=O)Oc2ccccc2Cl)C1. The summed E-state index contributed by atoms with van der Waals surface area (Å²) >= 11 is 5.84. The van der Waals surface area contributed by atoms with Crippen LogP contribution < -0.4 is 4.74 Å². The van der Waals surface area contributed by atoms with Gasteiger partial charge in [0.15, 0.2) is 11.5 Å². The van der Waals surface area contributed by atoms with Crippen LogP contribution in [0.4, 0.5) is 4.79 Å². The van der Waals surface area contributed by atoms with Crippen molar-refractivity contribution in [3.05, 3.63) is 29.3 Å². The number of para-hydroxylation sites is 1. The van der Waals surface area contributed by atoms with E-state index in [4.69, 9.17) is 16.3 Å². The van der Waals surface area contributed by atoms with Gasteiger partial charge in [-0.2, -0.15) is 0 Å². The van der Waals surface area contributed by atoms with Gasteiger partial charge in [0.05, 0.1) is 11.6 Å². The summed E-state index contributed by atoms with van der Waals surface area (Å²) in [6, 6.07) is 6.72. The Kier molecular flexibility index (Phi) is 3.10. The summed E-state index contributed by atoms with van der Waals surface area (Å²) in [5.41, 5.74) is 0. The minimum atomic E-state index is -0.529. The molecule has 0 saturated carbocycles. The Balaban J connectivity index is 2.03. The van der Waals surface area contributed by atoms with Crippen LogP contribution in [0.25, 0.3) is 0 Å². The summed E-state index contributed by atoms with van der Waals surface area (Å²) in [5.74, 6) is 0.365. The molecule has 1 aliphatic rings. The van der Waals surface area contributed by atoms with Crippen molar-refractivity contribution in [3.63, 3.8) is 0 Å². The summed E-state index contributed by atoms with van der Waals surface area (Å²) < 4.78 is 5.08. The molecule has 1 aromatic rings. The quantitative estimate of drug-likeness (QED) is 0.754. The lowest BCUT2D eigenvalue weighted by molar-refractivity contribution is -0.116. The van der Waals surface area contributed by atoms with Gasteiger partial charge >= 0.3 is 6.09 Å². The first-order valence-electron chi connectivity index (χ1n) is 4.90. The maximum atomic E-state index is 11.6. The Hall–Kier alpha value is -1.55. The van der Waals surface area contributed by atoms with Crippen LogP contribution in [0.15, 0.2) is 24.3 Å². The predicted octanol–water partition coefficient (Wildman–Crippen LogP) is 2.11. The third kappa shape index (κ3) is 2.33. The minimum absolute atomic E-state index is 0.0520. The van der Waals surface area contributed by atoms with Gasteiger partial charge in [-0.15, -0.1) is 0 Å². The van der Waals surface area contributed by atoms with E-state index in [1.807, 2.05) is 0 Å². The second-order valence-electron chi connectivity index (χ2n) is 3.51. The number of amides is 1. The van der Waals surface area contributed by atoms with Crippen LogP contribution in [0, 0.1) is 0 Å². The van der Waals surface area contributed by atoms with Gasteiger partial charge in [-0.3, -0.25) is 4.79 Å². The number of rotatable bonds is 1. The molecule has 0 atom stereocenters. The summed E-state index contributed by atoms with van der Waals surface area (Å²) in [6.45, 7) is 0.547. The Morgan fingerprint density at radius 3 is 2.75 bits per heavy atom. The number of ether oxygens (including phenoxy) is 1. The van der Waals surface area contributed by atoms with Gasteiger partial charge in [-0.05, 0) is 12.1 Å². The Bertz CT molecular complexity index is 433. The maximum Gasteiger partial charge on any atom is 0.415 e. The van der Waals surface area contributed by atoms with Crippen LogP contribution in [0.5, 0.6) is 5.75 Å². The Labute approximate surface area is 97.7 Å². The molecule has 16 heavy (non-hydrogen) atoms. The van der Waals surface area contributed by atoms with E-state index < -0.39 is 6.09 Å². The number of carbonyl (C=O) groups excluding carboxylic acids is 2. The van der Waals surface area contributed by atoms with Gasteiger partial charge in [0, 0.05) is 13.0 Å². The van der Waals surface area contributed by atoms with E-state index in [-0.39, 0.29) is 12.3 Å². The van der Waals surface area contributed by atoms with Crippen LogP contribution in [0.3, 0.4) is 0 Å². The zero-order valence-electron chi connectivity index (χ0n) is 8.48. The molecule has 0 aromatic heterocycles. The zero-order valence-corrected chi connectivity index (χ0v) is 9.24. The number of benzene rings is 1. The first-order chi connectivity index (χ1) is 7.66. The highest BCUT2D eigenvalue weighted by Gasteiger charge is 2.25. The summed E-state index contributed by atoms with van der Waals surface area (Å²) in [7, 11) is 0. The van der Waals surface area contributed by atoms with Gasteiger partial charge in [0.2, 0.25) is 0 Å². The molecule has 0 radical (unpaired) electrons. The molecule has 1 amide bonds. The molecular formula is C11H10ClNO3. The molecule has 5 heteroatoms. The van der Waals surface area contributed by atoms with Crippen molar-refractivity contribution < 1.29 is 14.3 Å². The number of hydrogen-bond acceptors (Lipinski definition) is 3. The average Bonchev–Trinajstić information content (AvgIpc) is 2.68. The van der Waals surface area contributed by atoms with Crippen molar-refractivity contribution in [2.45, 2.75) is 6.42 Å². The molecule has 1 heterocycles. The van der Waals surface area contributed by atoms with Gasteiger partial charge < -0.3 is 9.64 Å². The second kappa shape index (κ2) is 4.53. The smallest absolute Gasteiger partial charge is 0.409 e.